The summed E-state index contributed by atoms with van der Waals surface area (Å²) in [7, 11) is 2.91. The zero-order chi connectivity index (χ0) is 13.1. The average molecular weight is 249 g/mol. The number of rotatable bonds is 3. The van der Waals surface area contributed by atoms with Gasteiger partial charge in [-0.15, -0.1) is 0 Å². The molecule has 0 saturated heterocycles. The third-order valence-electron chi connectivity index (χ3n) is 3.03. The van der Waals surface area contributed by atoms with Gasteiger partial charge >= 0.3 is 5.97 Å². The Hall–Kier alpha value is -2.04. The average Bonchev–Trinajstić information content (AvgIpc) is 2.41. The fourth-order valence-electron chi connectivity index (χ4n) is 2.01. The minimum atomic E-state index is -0.402. The van der Waals surface area contributed by atoms with Crippen molar-refractivity contribution in [2.75, 3.05) is 27.3 Å². The summed E-state index contributed by atoms with van der Waals surface area (Å²) in [6, 6.07) is 5.35. The second-order valence-electron chi connectivity index (χ2n) is 4.08. The van der Waals surface area contributed by atoms with Gasteiger partial charge in [-0.05, 0) is 30.2 Å². The van der Waals surface area contributed by atoms with Crippen LogP contribution in [0.25, 0.3) is 0 Å². The lowest BCUT2D eigenvalue weighted by Crippen LogP contribution is -2.41. The van der Waals surface area contributed by atoms with Crippen LogP contribution in [0.5, 0.6) is 5.75 Å². The number of hydrogen-bond donors (Lipinski definition) is 0. The van der Waals surface area contributed by atoms with E-state index in [0.29, 0.717) is 12.1 Å². The first-order valence-electron chi connectivity index (χ1n) is 5.68. The summed E-state index contributed by atoms with van der Waals surface area (Å²) in [4.78, 5) is 24.8. The van der Waals surface area contributed by atoms with Gasteiger partial charge in [-0.25, -0.2) is 0 Å². The highest BCUT2D eigenvalue weighted by Gasteiger charge is 2.26. The second kappa shape index (κ2) is 5.08. The van der Waals surface area contributed by atoms with Gasteiger partial charge in [0.2, 0.25) is 0 Å². The lowest BCUT2D eigenvalue weighted by atomic mass is 9.99. The number of nitrogens with zero attached hydrogens (tertiary/aromatic N) is 1. The molecule has 1 aromatic carbocycles. The molecule has 5 nitrogen and oxygen atoms in total. The molecule has 18 heavy (non-hydrogen) atoms. The Morgan fingerprint density at radius 2 is 2.17 bits per heavy atom. The highest BCUT2D eigenvalue weighted by Crippen LogP contribution is 2.23. The Morgan fingerprint density at radius 1 is 1.39 bits per heavy atom. The van der Waals surface area contributed by atoms with Crippen molar-refractivity contribution in [3.8, 4) is 5.75 Å². The fraction of sp³-hybridized carbons (Fsp3) is 0.385. The molecule has 0 radical (unpaired) electrons. The third-order valence-corrected chi connectivity index (χ3v) is 3.03. The number of methoxy groups -OCH3 is 2. The van der Waals surface area contributed by atoms with Crippen molar-refractivity contribution >= 4 is 11.9 Å². The van der Waals surface area contributed by atoms with Gasteiger partial charge in [0, 0.05) is 12.1 Å². The molecule has 1 aliphatic rings. The molecule has 1 heterocycles. The van der Waals surface area contributed by atoms with E-state index in [-0.39, 0.29) is 12.5 Å². The van der Waals surface area contributed by atoms with Crippen LogP contribution in [0.4, 0.5) is 0 Å². The minimum absolute atomic E-state index is 0.000796. The van der Waals surface area contributed by atoms with Gasteiger partial charge in [0.1, 0.15) is 12.3 Å². The van der Waals surface area contributed by atoms with E-state index in [4.69, 9.17) is 4.74 Å². The monoisotopic (exact) mass is 249 g/mol. The topological polar surface area (TPSA) is 55.8 Å². The van der Waals surface area contributed by atoms with Gasteiger partial charge in [-0.3, -0.25) is 9.59 Å². The third kappa shape index (κ3) is 2.30. The largest absolute Gasteiger partial charge is 0.497 e. The van der Waals surface area contributed by atoms with Crippen LogP contribution in [-0.2, 0) is 16.0 Å². The Morgan fingerprint density at radius 3 is 2.83 bits per heavy atom. The quantitative estimate of drug-likeness (QED) is 0.746. The Kier molecular flexibility index (Phi) is 3.50. The molecule has 0 aromatic heterocycles. The van der Waals surface area contributed by atoms with Gasteiger partial charge in [0.15, 0.2) is 0 Å². The highest BCUT2D eigenvalue weighted by molar-refractivity contribution is 5.98. The number of fused-ring (bicyclic) bond motifs is 1. The van der Waals surface area contributed by atoms with Gasteiger partial charge in [-0.1, -0.05) is 0 Å². The first-order valence-corrected chi connectivity index (χ1v) is 5.68. The van der Waals surface area contributed by atoms with E-state index in [1.54, 1.807) is 19.2 Å². The second-order valence-corrected chi connectivity index (χ2v) is 4.08. The van der Waals surface area contributed by atoms with Crippen LogP contribution in [0.15, 0.2) is 18.2 Å². The van der Waals surface area contributed by atoms with Gasteiger partial charge in [0.05, 0.1) is 14.2 Å². The fourth-order valence-corrected chi connectivity index (χ4v) is 2.01. The summed E-state index contributed by atoms with van der Waals surface area (Å²) in [6.45, 7) is 0.523. The van der Waals surface area contributed by atoms with Crippen molar-refractivity contribution in [1.82, 2.24) is 4.90 Å². The molecule has 1 amide bonds. The Labute approximate surface area is 105 Å². The van der Waals surface area contributed by atoms with Crippen LogP contribution in [0.3, 0.4) is 0 Å². The van der Waals surface area contributed by atoms with E-state index in [1.807, 2.05) is 6.07 Å². The summed E-state index contributed by atoms with van der Waals surface area (Å²) >= 11 is 0. The molecular formula is C13H15NO4. The van der Waals surface area contributed by atoms with Gasteiger partial charge in [0.25, 0.3) is 5.91 Å². The molecule has 0 atom stereocenters. The summed E-state index contributed by atoms with van der Waals surface area (Å²) < 4.78 is 9.70. The zero-order valence-electron chi connectivity index (χ0n) is 10.4. The summed E-state index contributed by atoms with van der Waals surface area (Å²) in [6.07, 6.45) is 0.718. The first kappa shape index (κ1) is 12.4. The molecule has 96 valence electrons. The van der Waals surface area contributed by atoms with Crippen molar-refractivity contribution in [1.29, 1.82) is 0 Å². The normalized spacial score (nSPS) is 14.1. The maximum Gasteiger partial charge on any atom is 0.325 e. The van der Waals surface area contributed by atoms with Crippen molar-refractivity contribution in [2.45, 2.75) is 6.42 Å². The van der Waals surface area contributed by atoms with E-state index < -0.39 is 5.97 Å². The number of carbonyl (C=O) groups excluding carboxylic acids is 2. The molecule has 0 saturated carbocycles. The Bertz CT molecular complexity index is 484. The maximum absolute atomic E-state index is 12.1. The van der Waals surface area contributed by atoms with Gasteiger partial charge < -0.3 is 14.4 Å². The first-order chi connectivity index (χ1) is 8.65. The van der Waals surface area contributed by atoms with E-state index in [9.17, 15) is 9.59 Å². The SMILES string of the molecule is COC(=O)CN1CCc2cc(OC)ccc2C1=O. The predicted molar refractivity (Wildman–Crippen MR) is 64.6 cm³/mol. The van der Waals surface area contributed by atoms with E-state index >= 15 is 0 Å². The van der Waals surface area contributed by atoms with Crippen LogP contribution in [0, 0.1) is 0 Å². The van der Waals surface area contributed by atoms with E-state index in [2.05, 4.69) is 4.74 Å². The van der Waals surface area contributed by atoms with Crippen molar-refractivity contribution < 1.29 is 19.1 Å². The van der Waals surface area contributed by atoms with E-state index in [0.717, 1.165) is 17.7 Å². The number of amides is 1. The van der Waals surface area contributed by atoms with Crippen molar-refractivity contribution in [2.24, 2.45) is 0 Å². The van der Waals surface area contributed by atoms with Crippen LogP contribution >= 0.6 is 0 Å². The number of esters is 1. The molecule has 0 spiro atoms. The maximum atomic E-state index is 12.1. The van der Waals surface area contributed by atoms with Crippen molar-refractivity contribution in [3.63, 3.8) is 0 Å². The molecule has 0 fully saturated rings. The molecule has 0 unspecified atom stereocenters. The molecule has 5 heteroatoms. The molecule has 1 aliphatic heterocycles. The molecule has 0 N–H and O–H groups in total. The minimum Gasteiger partial charge on any atom is -0.497 e. The van der Waals surface area contributed by atoms with Crippen LogP contribution < -0.4 is 4.74 Å². The van der Waals surface area contributed by atoms with Crippen LogP contribution in [-0.4, -0.2) is 44.1 Å². The van der Waals surface area contributed by atoms with E-state index in [1.165, 1.54) is 12.0 Å². The smallest absolute Gasteiger partial charge is 0.325 e. The standard InChI is InChI=1S/C13H15NO4/c1-17-10-3-4-11-9(7-10)5-6-14(13(11)16)8-12(15)18-2/h3-4,7H,5-6,8H2,1-2H3. The molecular weight excluding hydrogens is 234 g/mol. The van der Waals surface area contributed by atoms with Crippen molar-refractivity contribution in [3.05, 3.63) is 29.3 Å². The lowest BCUT2D eigenvalue weighted by molar-refractivity contribution is -0.141. The lowest BCUT2D eigenvalue weighted by Gasteiger charge is -2.27. The Balaban J connectivity index is 2.21. The number of benzene rings is 1. The molecule has 2 rings (SSSR count). The van der Waals surface area contributed by atoms with Gasteiger partial charge in [-0.2, -0.15) is 0 Å². The molecule has 1 aromatic rings. The number of carbonyl (C=O) groups is 2. The molecule has 0 aliphatic carbocycles. The highest BCUT2D eigenvalue weighted by atomic mass is 16.5. The summed E-state index contributed by atoms with van der Waals surface area (Å²) in [5.74, 6) is 0.201. The van der Waals surface area contributed by atoms with Crippen LogP contribution in [0.1, 0.15) is 15.9 Å². The summed E-state index contributed by atoms with van der Waals surface area (Å²) in [5.41, 5.74) is 1.59. The predicted octanol–water partition coefficient (Wildman–Crippen LogP) is 0.866. The zero-order valence-corrected chi connectivity index (χ0v) is 10.4. The van der Waals surface area contributed by atoms with Crippen LogP contribution in [0.2, 0.25) is 0 Å². The number of ether oxygens (including phenoxy) is 2. The summed E-state index contributed by atoms with van der Waals surface area (Å²) in [5, 5.41) is 0. The molecule has 0 bridgehead atoms. The number of hydrogen-bond acceptors (Lipinski definition) is 4.